The van der Waals surface area contributed by atoms with Crippen molar-refractivity contribution in [2.45, 2.75) is 32.0 Å². The summed E-state index contributed by atoms with van der Waals surface area (Å²) in [6, 6.07) is 30.0. The van der Waals surface area contributed by atoms with Crippen LogP contribution in [-0.4, -0.2) is 16.9 Å². The molecular weight excluding hydrogens is 334 g/mol. The molecule has 3 nitrogen and oxygen atoms in total. The molecule has 0 unspecified atom stereocenters. The number of rotatable bonds is 9. The highest BCUT2D eigenvalue weighted by Crippen LogP contribution is 2.31. The van der Waals surface area contributed by atoms with Crippen molar-refractivity contribution in [3.63, 3.8) is 0 Å². The van der Waals surface area contributed by atoms with Crippen LogP contribution in [0.3, 0.4) is 0 Å². The van der Waals surface area contributed by atoms with Crippen molar-refractivity contribution < 1.29 is 9.94 Å². The molecule has 2 atom stereocenters. The largest absolute Gasteiger partial charge is 0.375 e. The summed E-state index contributed by atoms with van der Waals surface area (Å²) in [5, 5.41) is 12.6. The lowest BCUT2D eigenvalue weighted by Gasteiger charge is -2.33. The summed E-state index contributed by atoms with van der Waals surface area (Å²) in [6.45, 7) is 3.03. The van der Waals surface area contributed by atoms with Crippen LogP contribution in [0.15, 0.2) is 91.0 Å². The van der Waals surface area contributed by atoms with Crippen LogP contribution >= 0.6 is 0 Å². The Morgan fingerprint density at radius 3 is 1.74 bits per heavy atom. The Kier molecular flexibility index (Phi) is 7.17. The van der Waals surface area contributed by atoms with Crippen molar-refractivity contribution >= 4 is 0 Å². The minimum atomic E-state index is -0.236. The van der Waals surface area contributed by atoms with Crippen molar-refractivity contribution in [2.24, 2.45) is 0 Å². The van der Waals surface area contributed by atoms with Gasteiger partial charge < -0.3 is 9.94 Å². The van der Waals surface area contributed by atoms with Gasteiger partial charge in [-0.3, -0.25) is 0 Å². The first kappa shape index (κ1) is 19.3. The molecule has 1 N–H and O–H groups in total. The quantitative estimate of drug-likeness (QED) is 0.490. The summed E-state index contributed by atoms with van der Waals surface area (Å²) in [4.78, 5) is 0. The fourth-order valence-corrected chi connectivity index (χ4v) is 3.33. The van der Waals surface area contributed by atoms with Gasteiger partial charge in [-0.05, 0) is 23.1 Å². The minimum Gasteiger partial charge on any atom is -0.375 e. The van der Waals surface area contributed by atoms with Crippen molar-refractivity contribution in [2.75, 3.05) is 6.61 Å². The van der Waals surface area contributed by atoms with Crippen molar-refractivity contribution in [1.82, 2.24) is 5.06 Å². The fourth-order valence-electron chi connectivity index (χ4n) is 3.33. The summed E-state index contributed by atoms with van der Waals surface area (Å²) in [5.41, 5.74) is 3.28. The van der Waals surface area contributed by atoms with E-state index in [0.29, 0.717) is 13.2 Å². The Balaban J connectivity index is 1.76. The van der Waals surface area contributed by atoms with Gasteiger partial charge in [0, 0.05) is 0 Å². The highest BCUT2D eigenvalue weighted by Gasteiger charge is 2.26. The molecule has 3 aromatic carbocycles. The molecule has 0 fully saturated rings. The molecule has 3 aromatic rings. The molecule has 0 radical (unpaired) electrons. The second kappa shape index (κ2) is 10.0. The third-order valence-electron chi connectivity index (χ3n) is 4.78. The minimum absolute atomic E-state index is 0.0864. The molecule has 3 rings (SSSR count). The number of hydrogen-bond donors (Lipinski definition) is 1. The molecule has 0 aliphatic rings. The number of nitrogens with zero attached hydrogens (tertiary/aromatic N) is 1. The Bertz CT molecular complexity index is 777. The van der Waals surface area contributed by atoms with Crippen LogP contribution in [0.5, 0.6) is 0 Å². The molecule has 0 amide bonds. The maximum absolute atomic E-state index is 11.1. The van der Waals surface area contributed by atoms with Gasteiger partial charge in [-0.25, -0.2) is 0 Å². The van der Waals surface area contributed by atoms with Crippen LogP contribution in [0.4, 0.5) is 0 Å². The molecule has 3 heteroatoms. The molecule has 0 saturated heterocycles. The first-order valence-electron chi connectivity index (χ1n) is 9.48. The van der Waals surface area contributed by atoms with Gasteiger partial charge in [-0.1, -0.05) is 97.9 Å². The molecule has 0 aromatic heterocycles. The summed E-state index contributed by atoms with van der Waals surface area (Å²) in [6.07, 6.45) is 0.808. The van der Waals surface area contributed by atoms with E-state index in [-0.39, 0.29) is 12.1 Å². The molecule has 0 aliphatic carbocycles. The van der Waals surface area contributed by atoms with E-state index < -0.39 is 0 Å². The number of hydrogen-bond acceptors (Lipinski definition) is 3. The summed E-state index contributed by atoms with van der Waals surface area (Å²) >= 11 is 0. The zero-order valence-corrected chi connectivity index (χ0v) is 15.7. The van der Waals surface area contributed by atoms with Crippen molar-refractivity contribution in [3.8, 4) is 0 Å². The van der Waals surface area contributed by atoms with E-state index in [1.165, 1.54) is 5.06 Å². The maximum atomic E-state index is 11.1. The molecular formula is C24H27NO2. The molecule has 140 valence electrons. The lowest BCUT2D eigenvalue weighted by atomic mass is 10.00. The van der Waals surface area contributed by atoms with E-state index in [9.17, 15) is 5.21 Å². The standard InChI is InChI=1S/C24H27NO2/c1-2-23(21-14-8-4-9-15-21)25(26)24(22-16-10-5-11-17-22)19-27-18-20-12-6-3-7-13-20/h3-17,23-24,26H,2,18-19H2,1H3/t23-,24-/m0/s1. The van der Waals surface area contributed by atoms with Crippen molar-refractivity contribution in [1.29, 1.82) is 0 Å². The molecule has 0 bridgehead atoms. The second-order valence-corrected chi connectivity index (χ2v) is 6.64. The number of benzene rings is 3. The highest BCUT2D eigenvalue weighted by molar-refractivity contribution is 5.22. The summed E-state index contributed by atoms with van der Waals surface area (Å²) < 4.78 is 5.99. The van der Waals surface area contributed by atoms with Crippen LogP contribution in [0, 0.1) is 0 Å². The van der Waals surface area contributed by atoms with Crippen molar-refractivity contribution in [3.05, 3.63) is 108 Å². The Hall–Kier alpha value is -2.46. The van der Waals surface area contributed by atoms with E-state index in [0.717, 1.165) is 23.1 Å². The third-order valence-corrected chi connectivity index (χ3v) is 4.78. The molecule has 0 spiro atoms. The van der Waals surface area contributed by atoms with Crippen LogP contribution in [0.2, 0.25) is 0 Å². The predicted octanol–water partition coefficient (Wildman–Crippen LogP) is 5.79. The second-order valence-electron chi connectivity index (χ2n) is 6.64. The maximum Gasteiger partial charge on any atom is 0.0840 e. The van der Waals surface area contributed by atoms with E-state index in [2.05, 4.69) is 19.1 Å². The summed E-state index contributed by atoms with van der Waals surface area (Å²) in [5.74, 6) is 0. The lowest BCUT2D eigenvalue weighted by molar-refractivity contribution is -0.180. The van der Waals surface area contributed by atoms with Gasteiger partial charge in [-0.15, -0.1) is 0 Å². The van der Waals surface area contributed by atoms with Crippen LogP contribution in [0.25, 0.3) is 0 Å². The number of ether oxygens (including phenoxy) is 1. The third kappa shape index (κ3) is 5.27. The molecule has 0 aliphatic heterocycles. The van der Waals surface area contributed by atoms with Gasteiger partial charge in [0.25, 0.3) is 0 Å². The van der Waals surface area contributed by atoms with Crippen LogP contribution in [0.1, 0.15) is 42.1 Å². The average molecular weight is 361 g/mol. The molecule has 27 heavy (non-hydrogen) atoms. The zero-order valence-electron chi connectivity index (χ0n) is 15.7. The van der Waals surface area contributed by atoms with Gasteiger partial charge in [0.05, 0.1) is 25.3 Å². The zero-order chi connectivity index (χ0) is 18.9. The lowest BCUT2D eigenvalue weighted by Crippen LogP contribution is -2.32. The van der Waals surface area contributed by atoms with Gasteiger partial charge in [-0.2, -0.15) is 5.06 Å². The first-order chi connectivity index (χ1) is 13.3. The fraction of sp³-hybridized carbons (Fsp3) is 0.250. The molecule has 0 saturated carbocycles. The van der Waals surface area contributed by atoms with Crippen LogP contribution in [-0.2, 0) is 11.3 Å². The van der Waals surface area contributed by atoms with E-state index in [1.807, 2.05) is 78.9 Å². The highest BCUT2D eigenvalue weighted by atomic mass is 16.5. The average Bonchev–Trinajstić information content (AvgIpc) is 2.74. The normalized spacial score (nSPS) is 13.4. The Labute approximate surface area is 161 Å². The molecule has 0 heterocycles. The summed E-state index contributed by atoms with van der Waals surface area (Å²) in [7, 11) is 0. The smallest absolute Gasteiger partial charge is 0.0840 e. The monoisotopic (exact) mass is 361 g/mol. The van der Waals surface area contributed by atoms with Crippen LogP contribution < -0.4 is 0 Å². The van der Waals surface area contributed by atoms with Gasteiger partial charge >= 0.3 is 0 Å². The Morgan fingerprint density at radius 2 is 1.22 bits per heavy atom. The SMILES string of the molecule is CC[C@@H](c1ccccc1)N(O)[C@@H](COCc1ccccc1)c1ccccc1. The first-order valence-corrected chi connectivity index (χ1v) is 9.48. The predicted molar refractivity (Wildman–Crippen MR) is 108 cm³/mol. The Morgan fingerprint density at radius 1 is 0.741 bits per heavy atom. The van der Waals surface area contributed by atoms with Gasteiger partial charge in [0.2, 0.25) is 0 Å². The van der Waals surface area contributed by atoms with E-state index >= 15 is 0 Å². The number of hydroxylamine groups is 2. The van der Waals surface area contributed by atoms with E-state index in [1.54, 1.807) is 0 Å². The van der Waals surface area contributed by atoms with Gasteiger partial charge in [0.15, 0.2) is 0 Å². The van der Waals surface area contributed by atoms with E-state index in [4.69, 9.17) is 4.74 Å². The topological polar surface area (TPSA) is 32.7 Å². The van der Waals surface area contributed by atoms with Gasteiger partial charge in [0.1, 0.15) is 0 Å².